The van der Waals surface area contributed by atoms with E-state index in [9.17, 15) is 9.18 Å². The van der Waals surface area contributed by atoms with Crippen molar-refractivity contribution in [2.75, 3.05) is 13.1 Å². The Kier molecular flexibility index (Phi) is 4.94. The summed E-state index contributed by atoms with van der Waals surface area (Å²) in [6.07, 6.45) is 6.65. The average molecular weight is 358 g/mol. The summed E-state index contributed by atoms with van der Waals surface area (Å²) in [5, 5.41) is 4.60. The molecule has 2 heterocycles. The second-order valence-electron chi connectivity index (χ2n) is 7.75. The normalized spacial score (nSPS) is 20.1. The van der Waals surface area contributed by atoms with Crippen molar-refractivity contribution < 1.29 is 4.39 Å². The quantitative estimate of drug-likeness (QED) is 0.843. The average Bonchev–Trinajstić information content (AvgIpc) is 3.26. The fourth-order valence-corrected chi connectivity index (χ4v) is 4.48. The largest absolute Gasteiger partial charge is 0.345 e. The number of aromatic nitrogens is 3. The summed E-state index contributed by atoms with van der Waals surface area (Å²) in [6, 6.07) is 7.10. The SMILES string of the molecule is Cn1nc(C2CCN(Cc3ccc(F)cc3)CC2)n(C2CCCC2)c1=O. The van der Waals surface area contributed by atoms with Crippen LogP contribution < -0.4 is 5.69 Å². The molecule has 1 saturated heterocycles. The van der Waals surface area contributed by atoms with E-state index in [2.05, 4.69) is 10.00 Å². The number of hydrogen-bond acceptors (Lipinski definition) is 3. The molecule has 0 bridgehead atoms. The smallest absolute Gasteiger partial charge is 0.299 e. The second kappa shape index (κ2) is 7.35. The first kappa shape index (κ1) is 17.5. The third kappa shape index (κ3) is 3.47. The van der Waals surface area contributed by atoms with Gasteiger partial charge in [-0.05, 0) is 56.5 Å². The molecule has 26 heavy (non-hydrogen) atoms. The molecule has 2 fully saturated rings. The Morgan fingerprint density at radius 2 is 1.73 bits per heavy atom. The highest BCUT2D eigenvalue weighted by Crippen LogP contribution is 2.33. The van der Waals surface area contributed by atoms with Gasteiger partial charge in [0.2, 0.25) is 0 Å². The number of hydrogen-bond donors (Lipinski definition) is 0. The molecular formula is C20H27FN4O. The van der Waals surface area contributed by atoms with Crippen LogP contribution in [0.2, 0.25) is 0 Å². The summed E-state index contributed by atoms with van der Waals surface area (Å²) >= 11 is 0. The molecule has 0 amide bonds. The maximum absolute atomic E-state index is 13.1. The maximum Gasteiger partial charge on any atom is 0.345 e. The van der Waals surface area contributed by atoms with Crippen LogP contribution in [0.15, 0.2) is 29.1 Å². The lowest BCUT2D eigenvalue weighted by Gasteiger charge is -2.32. The van der Waals surface area contributed by atoms with E-state index in [-0.39, 0.29) is 11.5 Å². The van der Waals surface area contributed by atoms with Crippen LogP contribution in [0.25, 0.3) is 0 Å². The predicted octanol–water partition coefficient (Wildman–Crippen LogP) is 3.22. The van der Waals surface area contributed by atoms with Gasteiger partial charge in [-0.25, -0.2) is 13.9 Å². The predicted molar refractivity (Wildman–Crippen MR) is 98.6 cm³/mol. The van der Waals surface area contributed by atoms with E-state index in [4.69, 9.17) is 0 Å². The molecule has 1 aromatic carbocycles. The van der Waals surface area contributed by atoms with Gasteiger partial charge in [0.05, 0.1) is 0 Å². The number of likely N-dealkylation sites (tertiary alicyclic amines) is 1. The van der Waals surface area contributed by atoms with Crippen molar-refractivity contribution in [3.8, 4) is 0 Å². The first-order valence-corrected chi connectivity index (χ1v) is 9.74. The lowest BCUT2D eigenvalue weighted by molar-refractivity contribution is 0.198. The Balaban J connectivity index is 1.44. The van der Waals surface area contributed by atoms with Gasteiger partial charge in [0.25, 0.3) is 0 Å². The Morgan fingerprint density at radius 3 is 2.38 bits per heavy atom. The van der Waals surface area contributed by atoms with Gasteiger partial charge >= 0.3 is 5.69 Å². The van der Waals surface area contributed by atoms with Crippen LogP contribution >= 0.6 is 0 Å². The second-order valence-corrected chi connectivity index (χ2v) is 7.75. The van der Waals surface area contributed by atoms with Crippen molar-refractivity contribution in [3.63, 3.8) is 0 Å². The highest BCUT2D eigenvalue weighted by atomic mass is 19.1. The van der Waals surface area contributed by atoms with Crippen LogP contribution in [0.5, 0.6) is 0 Å². The molecular weight excluding hydrogens is 331 g/mol. The van der Waals surface area contributed by atoms with Crippen molar-refractivity contribution in [2.45, 2.75) is 57.0 Å². The van der Waals surface area contributed by atoms with Crippen molar-refractivity contribution >= 4 is 0 Å². The van der Waals surface area contributed by atoms with Crippen LogP contribution in [0, 0.1) is 5.82 Å². The highest BCUT2D eigenvalue weighted by molar-refractivity contribution is 5.16. The van der Waals surface area contributed by atoms with Gasteiger partial charge in [-0.3, -0.25) is 9.47 Å². The topological polar surface area (TPSA) is 43.1 Å². The summed E-state index contributed by atoms with van der Waals surface area (Å²) in [7, 11) is 1.76. The van der Waals surface area contributed by atoms with Gasteiger partial charge < -0.3 is 0 Å². The summed E-state index contributed by atoms with van der Waals surface area (Å²) in [5.74, 6) is 1.16. The van der Waals surface area contributed by atoms with Crippen LogP contribution in [-0.2, 0) is 13.6 Å². The number of piperidine rings is 1. The van der Waals surface area contributed by atoms with Gasteiger partial charge in [-0.1, -0.05) is 25.0 Å². The standard InChI is InChI=1S/C20H27FN4O/c1-23-20(26)25(18-4-2-3-5-18)19(22-23)16-10-12-24(13-11-16)14-15-6-8-17(21)9-7-15/h6-9,16,18H,2-5,10-14H2,1H3. The number of benzene rings is 1. The first-order valence-electron chi connectivity index (χ1n) is 9.74. The fourth-order valence-electron chi connectivity index (χ4n) is 4.48. The first-order chi connectivity index (χ1) is 12.6. The lowest BCUT2D eigenvalue weighted by Crippen LogP contribution is -2.34. The van der Waals surface area contributed by atoms with Crippen molar-refractivity contribution in [2.24, 2.45) is 7.05 Å². The van der Waals surface area contributed by atoms with E-state index in [0.29, 0.717) is 12.0 Å². The molecule has 1 saturated carbocycles. The Bertz CT molecular complexity index is 796. The van der Waals surface area contributed by atoms with Crippen LogP contribution in [0.3, 0.4) is 0 Å². The number of nitrogens with zero attached hydrogens (tertiary/aromatic N) is 4. The zero-order chi connectivity index (χ0) is 18.1. The van der Waals surface area contributed by atoms with E-state index in [1.165, 1.54) is 29.7 Å². The van der Waals surface area contributed by atoms with Gasteiger partial charge in [0, 0.05) is 25.6 Å². The third-order valence-corrected chi connectivity index (χ3v) is 5.94. The summed E-state index contributed by atoms with van der Waals surface area (Å²) in [6.45, 7) is 2.82. The molecule has 0 radical (unpaired) electrons. The summed E-state index contributed by atoms with van der Waals surface area (Å²) in [4.78, 5) is 15.0. The summed E-state index contributed by atoms with van der Waals surface area (Å²) in [5.41, 5.74) is 1.19. The molecule has 1 aliphatic heterocycles. The molecule has 2 aromatic rings. The molecule has 1 aliphatic carbocycles. The lowest BCUT2D eigenvalue weighted by atomic mass is 9.95. The van der Waals surface area contributed by atoms with E-state index in [1.54, 1.807) is 7.05 Å². The zero-order valence-corrected chi connectivity index (χ0v) is 15.4. The Hall–Kier alpha value is -1.95. The minimum atomic E-state index is -0.188. The molecule has 0 atom stereocenters. The molecule has 0 unspecified atom stereocenters. The van der Waals surface area contributed by atoms with Gasteiger partial charge in [0.15, 0.2) is 0 Å². The Labute approximate surface area is 153 Å². The summed E-state index contributed by atoms with van der Waals surface area (Å²) < 4.78 is 16.6. The maximum atomic E-state index is 13.1. The molecule has 2 aliphatic rings. The fraction of sp³-hybridized carbons (Fsp3) is 0.600. The molecule has 140 valence electrons. The van der Waals surface area contributed by atoms with E-state index in [1.807, 2.05) is 16.7 Å². The third-order valence-electron chi connectivity index (χ3n) is 5.94. The monoisotopic (exact) mass is 358 g/mol. The molecule has 0 spiro atoms. The molecule has 4 rings (SSSR count). The van der Waals surface area contributed by atoms with E-state index >= 15 is 0 Å². The van der Waals surface area contributed by atoms with Crippen molar-refractivity contribution in [1.29, 1.82) is 0 Å². The van der Waals surface area contributed by atoms with Crippen LogP contribution in [0.4, 0.5) is 4.39 Å². The molecule has 1 aromatic heterocycles. The number of rotatable bonds is 4. The minimum Gasteiger partial charge on any atom is -0.299 e. The van der Waals surface area contributed by atoms with Crippen molar-refractivity contribution in [1.82, 2.24) is 19.2 Å². The zero-order valence-electron chi connectivity index (χ0n) is 15.4. The molecule has 6 heteroatoms. The highest BCUT2D eigenvalue weighted by Gasteiger charge is 2.30. The minimum absolute atomic E-state index is 0.0423. The molecule has 0 N–H and O–H groups in total. The number of aryl methyl sites for hydroxylation is 1. The Morgan fingerprint density at radius 1 is 1.08 bits per heavy atom. The van der Waals surface area contributed by atoms with Gasteiger partial charge in [-0.2, -0.15) is 5.10 Å². The van der Waals surface area contributed by atoms with Crippen molar-refractivity contribution in [3.05, 3.63) is 52.0 Å². The van der Waals surface area contributed by atoms with E-state index < -0.39 is 0 Å². The number of halogens is 1. The van der Waals surface area contributed by atoms with Crippen LogP contribution in [0.1, 0.15) is 61.9 Å². The van der Waals surface area contributed by atoms with Gasteiger partial charge in [0.1, 0.15) is 11.6 Å². The van der Waals surface area contributed by atoms with E-state index in [0.717, 1.165) is 56.7 Å². The molecule has 5 nitrogen and oxygen atoms in total. The van der Waals surface area contributed by atoms with Gasteiger partial charge in [-0.15, -0.1) is 0 Å². The van der Waals surface area contributed by atoms with Crippen LogP contribution in [-0.4, -0.2) is 32.3 Å².